The Morgan fingerprint density at radius 2 is 1.93 bits per heavy atom. The molecule has 8 heteroatoms. The smallest absolute Gasteiger partial charge is 0.251 e. The van der Waals surface area contributed by atoms with Gasteiger partial charge in [0.25, 0.3) is 5.91 Å². The minimum atomic E-state index is -0.477. The van der Waals surface area contributed by atoms with Crippen LogP contribution in [-0.4, -0.2) is 27.2 Å². The van der Waals surface area contributed by atoms with Gasteiger partial charge in [0.05, 0.1) is 6.54 Å². The van der Waals surface area contributed by atoms with Gasteiger partial charge in [-0.2, -0.15) is 4.98 Å². The van der Waals surface area contributed by atoms with E-state index in [1.165, 1.54) is 32.1 Å². The molecule has 0 saturated heterocycles. The Kier molecular flexibility index (Phi) is 8.38. The molecule has 1 heterocycles. The topological polar surface area (TPSA) is 117 Å². The molecule has 3 rings (SSSR count). The van der Waals surface area contributed by atoms with E-state index in [0.717, 1.165) is 25.2 Å². The van der Waals surface area contributed by atoms with Crippen LogP contribution in [0.25, 0.3) is 0 Å². The molecular weight excluding hydrogens is 384 g/mol. The van der Waals surface area contributed by atoms with Crippen molar-refractivity contribution in [2.24, 2.45) is 5.92 Å². The second-order valence-corrected chi connectivity index (χ2v) is 7.97. The standard InChI is InChI=1S/C22H30N4O4/c27-20(25-29)14-18(13-7-10-16-8-3-1-4-9-16)22-24-19(26-30-22)15-23-21(28)17-11-5-2-6-12-17/h2,5-6,11-12,16,18,29H,1,3-4,7-10,13-15H2,(H,23,28)(H,25,27)/t18-/m1/s1. The molecule has 0 radical (unpaired) electrons. The Morgan fingerprint density at radius 3 is 2.67 bits per heavy atom. The molecule has 0 aliphatic heterocycles. The van der Waals surface area contributed by atoms with Crippen LogP contribution in [0.4, 0.5) is 0 Å². The van der Waals surface area contributed by atoms with Crippen molar-refractivity contribution in [1.29, 1.82) is 0 Å². The van der Waals surface area contributed by atoms with Gasteiger partial charge in [-0.25, -0.2) is 5.48 Å². The quantitative estimate of drug-likeness (QED) is 0.403. The summed E-state index contributed by atoms with van der Waals surface area (Å²) in [6.45, 7) is 0.137. The fourth-order valence-electron chi connectivity index (χ4n) is 4.07. The molecule has 1 saturated carbocycles. The molecule has 1 aliphatic rings. The summed E-state index contributed by atoms with van der Waals surface area (Å²) < 4.78 is 5.38. The monoisotopic (exact) mass is 414 g/mol. The highest BCUT2D eigenvalue weighted by atomic mass is 16.5. The molecule has 1 fully saturated rings. The van der Waals surface area contributed by atoms with E-state index in [1.807, 2.05) is 6.07 Å². The highest BCUT2D eigenvalue weighted by molar-refractivity contribution is 5.93. The summed E-state index contributed by atoms with van der Waals surface area (Å²) in [6, 6.07) is 8.90. The molecule has 0 unspecified atom stereocenters. The molecule has 1 aliphatic carbocycles. The number of rotatable bonds is 10. The lowest BCUT2D eigenvalue weighted by molar-refractivity contribution is -0.129. The van der Waals surface area contributed by atoms with Crippen LogP contribution in [0.3, 0.4) is 0 Å². The summed E-state index contributed by atoms with van der Waals surface area (Å²) in [5.41, 5.74) is 2.24. The summed E-state index contributed by atoms with van der Waals surface area (Å²) >= 11 is 0. The Labute approximate surface area is 176 Å². The number of hydrogen-bond donors (Lipinski definition) is 3. The van der Waals surface area contributed by atoms with Gasteiger partial charge >= 0.3 is 0 Å². The summed E-state index contributed by atoms with van der Waals surface area (Å²) in [4.78, 5) is 28.3. The van der Waals surface area contributed by atoms with E-state index in [9.17, 15) is 9.59 Å². The zero-order valence-corrected chi connectivity index (χ0v) is 17.2. The number of hydrogen-bond acceptors (Lipinski definition) is 6. The average Bonchev–Trinajstić information content (AvgIpc) is 3.27. The summed E-state index contributed by atoms with van der Waals surface area (Å²) in [7, 11) is 0. The van der Waals surface area contributed by atoms with Gasteiger partial charge in [0.15, 0.2) is 5.82 Å². The molecule has 30 heavy (non-hydrogen) atoms. The maximum Gasteiger partial charge on any atom is 0.251 e. The fraction of sp³-hybridized carbons (Fsp3) is 0.545. The molecule has 2 amide bonds. The van der Waals surface area contributed by atoms with Crippen LogP contribution in [-0.2, 0) is 11.3 Å². The second kappa shape index (κ2) is 11.4. The van der Waals surface area contributed by atoms with E-state index in [-0.39, 0.29) is 24.8 Å². The maximum atomic E-state index is 12.2. The number of carbonyl (C=O) groups is 2. The molecule has 3 N–H and O–H groups in total. The maximum absolute atomic E-state index is 12.2. The molecule has 1 aromatic carbocycles. The van der Waals surface area contributed by atoms with E-state index < -0.39 is 5.91 Å². The highest BCUT2D eigenvalue weighted by Gasteiger charge is 2.23. The van der Waals surface area contributed by atoms with E-state index in [0.29, 0.717) is 17.3 Å². The first-order valence-electron chi connectivity index (χ1n) is 10.7. The van der Waals surface area contributed by atoms with Crippen molar-refractivity contribution in [2.75, 3.05) is 0 Å². The van der Waals surface area contributed by atoms with Gasteiger partial charge in [-0.15, -0.1) is 0 Å². The lowest BCUT2D eigenvalue weighted by Crippen LogP contribution is -2.23. The van der Waals surface area contributed by atoms with Crippen LogP contribution in [0.1, 0.15) is 85.8 Å². The Morgan fingerprint density at radius 1 is 1.17 bits per heavy atom. The third-order valence-electron chi connectivity index (χ3n) is 5.72. The van der Waals surface area contributed by atoms with Crippen molar-refractivity contribution >= 4 is 11.8 Å². The van der Waals surface area contributed by atoms with Crippen LogP contribution in [0, 0.1) is 5.92 Å². The molecule has 0 spiro atoms. The predicted molar refractivity (Wildman–Crippen MR) is 110 cm³/mol. The van der Waals surface area contributed by atoms with Crippen molar-refractivity contribution in [3.8, 4) is 0 Å². The average molecular weight is 415 g/mol. The fourth-order valence-corrected chi connectivity index (χ4v) is 4.07. The van der Waals surface area contributed by atoms with Gasteiger partial charge in [-0.1, -0.05) is 68.3 Å². The number of carbonyl (C=O) groups excluding carboxylic acids is 2. The third kappa shape index (κ3) is 6.66. The van der Waals surface area contributed by atoms with Crippen molar-refractivity contribution < 1.29 is 19.3 Å². The van der Waals surface area contributed by atoms with Crippen LogP contribution in [0.2, 0.25) is 0 Å². The van der Waals surface area contributed by atoms with Gasteiger partial charge in [0.1, 0.15) is 0 Å². The minimum absolute atomic E-state index is 0.0825. The number of benzene rings is 1. The highest BCUT2D eigenvalue weighted by Crippen LogP contribution is 2.31. The second-order valence-electron chi connectivity index (χ2n) is 7.97. The number of nitrogens with zero attached hydrogens (tertiary/aromatic N) is 2. The summed E-state index contributed by atoms with van der Waals surface area (Å²) in [5, 5.41) is 15.6. The van der Waals surface area contributed by atoms with Gasteiger partial charge in [0, 0.05) is 17.9 Å². The van der Waals surface area contributed by atoms with Gasteiger partial charge in [-0.05, 0) is 24.5 Å². The lowest BCUT2D eigenvalue weighted by Gasteiger charge is -2.22. The van der Waals surface area contributed by atoms with E-state index in [4.69, 9.17) is 9.73 Å². The third-order valence-corrected chi connectivity index (χ3v) is 5.72. The summed E-state index contributed by atoms with van der Waals surface area (Å²) in [5.74, 6) is 0.534. The van der Waals surface area contributed by atoms with Gasteiger partial charge < -0.3 is 9.84 Å². The number of amides is 2. The molecule has 2 aromatic rings. The predicted octanol–water partition coefficient (Wildman–Crippen LogP) is 3.73. The number of aromatic nitrogens is 2. The summed E-state index contributed by atoms with van der Waals surface area (Å²) in [6.07, 6.45) is 9.44. The zero-order valence-electron chi connectivity index (χ0n) is 17.2. The van der Waals surface area contributed by atoms with E-state index >= 15 is 0 Å². The van der Waals surface area contributed by atoms with Crippen LogP contribution in [0.5, 0.6) is 0 Å². The molecule has 0 bridgehead atoms. The van der Waals surface area contributed by atoms with Crippen molar-refractivity contribution in [3.63, 3.8) is 0 Å². The minimum Gasteiger partial charge on any atom is -0.345 e. The first-order chi connectivity index (χ1) is 14.7. The number of hydroxylamine groups is 1. The van der Waals surface area contributed by atoms with Crippen LogP contribution < -0.4 is 10.8 Å². The first kappa shape index (κ1) is 22.0. The molecule has 162 valence electrons. The Balaban J connectivity index is 1.54. The molecule has 1 atom stereocenters. The van der Waals surface area contributed by atoms with Gasteiger partial charge in [-0.3, -0.25) is 14.8 Å². The normalized spacial score (nSPS) is 15.5. The Bertz CT molecular complexity index is 802. The van der Waals surface area contributed by atoms with Crippen LogP contribution >= 0.6 is 0 Å². The molecule has 1 aromatic heterocycles. The largest absolute Gasteiger partial charge is 0.345 e. The van der Waals surface area contributed by atoms with E-state index in [1.54, 1.807) is 29.7 Å². The number of nitrogens with one attached hydrogen (secondary N) is 2. The zero-order chi connectivity index (χ0) is 21.2. The van der Waals surface area contributed by atoms with Gasteiger partial charge in [0.2, 0.25) is 11.8 Å². The first-order valence-corrected chi connectivity index (χ1v) is 10.7. The molecular formula is C22H30N4O4. The lowest BCUT2D eigenvalue weighted by atomic mass is 9.84. The van der Waals surface area contributed by atoms with Crippen molar-refractivity contribution in [2.45, 2.75) is 70.3 Å². The molecule has 8 nitrogen and oxygen atoms in total. The SMILES string of the molecule is O=C(C[C@@H](CCCC1CCCCC1)c1nc(CNC(=O)c2ccccc2)no1)NO. The van der Waals surface area contributed by atoms with Crippen molar-refractivity contribution in [1.82, 2.24) is 20.9 Å². The van der Waals surface area contributed by atoms with Crippen LogP contribution in [0.15, 0.2) is 34.9 Å². The van der Waals surface area contributed by atoms with E-state index in [2.05, 4.69) is 15.5 Å². The Hall–Kier alpha value is -2.74. The van der Waals surface area contributed by atoms with Crippen molar-refractivity contribution in [3.05, 3.63) is 47.6 Å².